The SMILES string of the molecule is CN(CC(=O)N1CCCC1)S(=O)(=O)c1ccc(N)nc1. The van der Waals surface area contributed by atoms with Gasteiger partial charge in [-0.2, -0.15) is 4.31 Å². The maximum atomic E-state index is 12.3. The number of hydrogen-bond donors (Lipinski definition) is 1. The summed E-state index contributed by atoms with van der Waals surface area (Å²) in [5.74, 6) is 0.0803. The smallest absolute Gasteiger partial charge is 0.244 e. The molecule has 2 rings (SSSR count). The summed E-state index contributed by atoms with van der Waals surface area (Å²) in [6, 6.07) is 2.80. The van der Waals surface area contributed by atoms with Gasteiger partial charge in [0.25, 0.3) is 0 Å². The van der Waals surface area contributed by atoms with E-state index in [-0.39, 0.29) is 23.2 Å². The van der Waals surface area contributed by atoms with Gasteiger partial charge in [-0.25, -0.2) is 13.4 Å². The van der Waals surface area contributed by atoms with Crippen molar-refractivity contribution in [1.29, 1.82) is 0 Å². The third-order valence-corrected chi connectivity index (χ3v) is 5.07. The van der Waals surface area contributed by atoms with Gasteiger partial charge < -0.3 is 10.6 Å². The number of aromatic nitrogens is 1. The Morgan fingerprint density at radius 1 is 1.40 bits per heavy atom. The first-order valence-corrected chi connectivity index (χ1v) is 7.81. The molecule has 20 heavy (non-hydrogen) atoms. The Morgan fingerprint density at radius 2 is 2.05 bits per heavy atom. The highest BCUT2D eigenvalue weighted by Crippen LogP contribution is 2.15. The molecular weight excluding hydrogens is 280 g/mol. The highest BCUT2D eigenvalue weighted by molar-refractivity contribution is 7.89. The number of rotatable bonds is 4. The number of anilines is 1. The van der Waals surface area contributed by atoms with E-state index < -0.39 is 10.0 Å². The molecule has 8 heteroatoms. The second-order valence-electron chi connectivity index (χ2n) is 4.77. The first-order valence-electron chi connectivity index (χ1n) is 6.37. The van der Waals surface area contributed by atoms with Crippen molar-refractivity contribution in [2.45, 2.75) is 17.7 Å². The van der Waals surface area contributed by atoms with Gasteiger partial charge in [0, 0.05) is 26.3 Å². The van der Waals surface area contributed by atoms with Gasteiger partial charge >= 0.3 is 0 Å². The predicted molar refractivity (Wildman–Crippen MR) is 74.3 cm³/mol. The van der Waals surface area contributed by atoms with Crippen LogP contribution in [0.5, 0.6) is 0 Å². The number of nitrogen functional groups attached to an aromatic ring is 1. The number of sulfonamides is 1. The molecule has 0 unspecified atom stereocenters. The lowest BCUT2D eigenvalue weighted by atomic mass is 10.4. The summed E-state index contributed by atoms with van der Waals surface area (Å²) in [7, 11) is -2.32. The second-order valence-corrected chi connectivity index (χ2v) is 6.81. The molecule has 0 spiro atoms. The molecule has 0 atom stereocenters. The van der Waals surface area contributed by atoms with Gasteiger partial charge in [0.15, 0.2) is 0 Å². The third-order valence-electron chi connectivity index (χ3n) is 3.28. The van der Waals surface area contributed by atoms with Crippen molar-refractivity contribution in [1.82, 2.24) is 14.2 Å². The lowest BCUT2D eigenvalue weighted by molar-refractivity contribution is -0.130. The van der Waals surface area contributed by atoms with Crippen LogP contribution in [0.4, 0.5) is 5.82 Å². The molecule has 1 fully saturated rings. The Bertz CT molecular complexity index is 579. The van der Waals surface area contributed by atoms with Gasteiger partial charge in [-0.05, 0) is 25.0 Å². The Morgan fingerprint density at radius 3 is 2.60 bits per heavy atom. The molecule has 0 radical (unpaired) electrons. The summed E-state index contributed by atoms with van der Waals surface area (Å²) in [6.45, 7) is 1.25. The Kier molecular flexibility index (Phi) is 4.24. The first-order chi connectivity index (χ1) is 9.41. The van der Waals surface area contributed by atoms with E-state index in [9.17, 15) is 13.2 Å². The third kappa shape index (κ3) is 3.07. The van der Waals surface area contributed by atoms with Crippen LogP contribution in [-0.2, 0) is 14.8 Å². The summed E-state index contributed by atoms with van der Waals surface area (Å²) in [5.41, 5.74) is 5.43. The largest absolute Gasteiger partial charge is 0.384 e. The normalized spacial score (nSPS) is 15.8. The number of nitrogens with two attached hydrogens (primary N) is 1. The molecule has 1 aromatic heterocycles. The minimum atomic E-state index is -3.71. The van der Waals surface area contributed by atoms with Crippen molar-refractivity contribution in [3.05, 3.63) is 18.3 Å². The molecule has 1 saturated heterocycles. The maximum Gasteiger partial charge on any atom is 0.244 e. The van der Waals surface area contributed by atoms with Crippen LogP contribution in [0.25, 0.3) is 0 Å². The molecule has 0 aromatic carbocycles. The van der Waals surface area contributed by atoms with Crippen LogP contribution in [0.15, 0.2) is 23.2 Å². The minimum absolute atomic E-state index is 0.0309. The van der Waals surface area contributed by atoms with Crippen molar-refractivity contribution < 1.29 is 13.2 Å². The standard InChI is InChI=1S/C12H18N4O3S/c1-15(9-12(17)16-6-2-3-7-16)20(18,19)10-4-5-11(13)14-8-10/h4-5,8H,2-3,6-7,9H2,1H3,(H2,13,14). The van der Waals surface area contributed by atoms with E-state index in [0.717, 1.165) is 17.1 Å². The molecule has 0 aliphatic carbocycles. The quantitative estimate of drug-likeness (QED) is 0.837. The second kappa shape index (κ2) is 5.76. The molecule has 1 amide bonds. The summed E-state index contributed by atoms with van der Waals surface area (Å²) >= 11 is 0. The molecule has 110 valence electrons. The van der Waals surface area contributed by atoms with Crippen molar-refractivity contribution in [3.8, 4) is 0 Å². The van der Waals surface area contributed by atoms with Crippen LogP contribution in [0.3, 0.4) is 0 Å². The fourth-order valence-corrected chi connectivity index (χ4v) is 3.13. The van der Waals surface area contributed by atoms with Crippen molar-refractivity contribution >= 4 is 21.7 Å². The number of carbonyl (C=O) groups excluding carboxylic acids is 1. The topological polar surface area (TPSA) is 96.6 Å². The van der Waals surface area contributed by atoms with Crippen molar-refractivity contribution in [3.63, 3.8) is 0 Å². The van der Waals surface area contributed by atoms with Gasteiger partial charge in [0.1, 0.15) is 10.7 Å². The number of amides is 1. The molecule has 2 N–H and O–H groups in total. The number of carbonyl (C=O) groups is 1. The number of likely N-dealkylation sites (tertiary alicyclic amines) is 1. The van der Waals surface area contributed by atoms with Crippen LogP contribution in [-0.4, -0.2) is 55.2 Å². The van der Waals surface area contributed by atoms with E-state index >= 15 is 0 Å². The van der Waals surface area contributed by atoms with Gasteiger partial charge in [-0.15, -0.1) is 0 Å². The predicted octanol–water partition coefficient (Wildman–Crippen LogP) is -0.0933. The molecule has 1 aliphatic rings. The maximum absolute atomic E-state index is 12.3. The van der Waals surface area contributed by atoms with E-state index in [4.69, 9.17) is 5.73 Å². The zero-order valence-electron chi connectivity index (χ0n) is 11.3. The highest BCUT2D eigenvalue weighted by Gasteiger charge is 2.26. The van der Waals surface area contributed by atoms with Crippen LogP contribution >= 0.6 is 0 Å². The van der Waals surface area contributed by atoms with E-state index in [1.54, 1.807) is 4.90 Å². The van der Waals surface area contributed by atoms with Gasteiger partial charge in [-0.1, -0.05) is 0 Å². The average molecular weight is 298 g/mol. The lowest BCUT2D eigenvalue weighted by Crippen LogP contribution is -2.39. The van der Waals surface area contributed by atoms with Crippen molar-refractivity contribution in [2.24, 2.45) is 0 Å². The Labute approximate surface area is 118 Å². The monoisotopic (exact) mass is 298 g/mol. The lowest BCUT2D eigenvalue weighted by Gasteiger charge is -2.21. The van der Waals surface area contributed by atoms with Crippen LogP contribution in [0.1, 0.15) is 12.8 Å². The molecule has 7 nitrogen and oxygen atoms in total. The first kappa shape index (κ1) is 14.7. The van der Waals surface area contributed by atoms with Gasteiger partial charge in [0.05, 0.1) is 6.54 Å². The molecule has 0 saturated carbocycles. The number of pyridine rings is 1. The fraction of sp³-hybridized carbons (Fsp3) is 0.500. The van der Waals surface area contributed by atoms with Crippen molar-refractivity contribution in [2.75, 3.05) is 32.4 Å². The molecule has 2 heterocycles. The molecule has 1 aromatic rings. The number of hydrogen-bond acceptors (Lipinski definition) is 5. The van der Waals surface area contributed by atoms with E-state index in [1.165, 1.54) is 25.4 Å². The van der Waals surface area contributed by atoms with E-state index in [1.807, 2.05) is 0 Å². The van der Waals surface area contributed by atoms with Crippen LogP contribution in [0, 0.1) is 0 Å². The van der Waals surface area contributed by atoms with Crippen LogP contribution < -0.4 is 5.73 Å². The number of nitrogens with zero attached hydrogens (tertiary/aromatic N) is 3. The molecule has 0 bridgehead atoms. The molecule has 1 aliphatic heterocycles. The van der Waals surface area contributed by atoms with Crippen LogP contribution in [0.2, 0.25) is 0 Å². The summed E-state index contributed by atoms with van der Waals surface area (Å²) in [6.07, 6.45) is 3.15. The Balaban J connectivity index is 2.08. The minimum Gasteiger partial charge on any atom is -0.384 e. The fourth-order valence-electron chi connectivity index (χ4n) is 2.07. The van der Waals surface area contributed by atoms with Gasteiger partial charge in [-0.3, -0.25) is 4.79 Å². The molecular formula is C12H18N4O3S. The zero-order valence-corrected chi connectivity index (χ0v) is 12.1. The summed E-state index contributed by atoms with van der Waals surface area (Å²) in [5, 5.41) is 0. The zero-order chi connectivity index (χ0) is 14.8. The van der Waals surface area contributed by atoms with E-state index in [2.05, 4.69) is 4.98 Å². The summed E-state index contributed by atoms with van der Waals surface area (Å²) in [4.78, 5) is 17.5. The summed E-state index contributed by atoms with van der Waals surface area (Å²) < 4.78 is 25.6. The average Bonchev–Trinajstić information content (AvgIpc) is 2.93. The number of likely N-dealkylation sites (N-methyl/N-ethyl adjacent to an activating group) is 1. The Hall–Kier alpha value is -1.67. The van der Waals surface area contributed by atoms with E-state index in [0.29, 0.717) is 13.1 Å². The van der Waals surface area contributed by atoms with Gasteiger partial charge in [0.2, 0.25) is 15.9 Å². The highest BCUT2D eigenvalue weighted by atomic mass is 32.2.